The highest BCUT2D eigenvalue weighted by molar-refractivity contribution is 5.87. The van der Waals surface area contributed by atoms with Crippen molar-refractivity contribution in [3.8, 4) is 0 Å². The third-order valence-electron chi connectivity index (χ3n) is 5.71. The van der Waals surface area contributed by atoms with Gasteiger partial charge in [-0.05, 0) is 18.9 Å². The molecule has 2 fully saturated rings. The predicted octanol–water partition coefficient (Wildman–Crippen LogP) is 3.17. The Labute approximate surface area is 154 Å². The number of fused-ring (bicyclic) bond motifs is 1. The molecule has 0 bridgehead atoms. The number of guanidine groups is 1. The summed E-state index contributed by atoms with van der Waals surface area (Å²) in [5.74, 6) is 0.194. The first kappa shape index (κ1) is 17.3. The predicted molar refractivity (Wildman–Crippen MR) is 99.6 cm³/mol. The summed E-state index contributed by atoms with van der Waals surface area (Å²) in [6.45, 7) is 3.01. The number of carbonyl (C=O) groups is 1. The zero-order chi connectivity index (χ0) is 17.9. The minimum Gasteiger partial charge on any atom is -0.481 e. The Morgan fingerprint density at radius 2 is 1.88 bits per heavy atom. The summed E-state index contributed by atoms with van der Waals surface area (Å²) in [6.07, 6.45) is 6.02. The smallest absolute Gasteiger partial charge is 0.305 e. The van der Waals surface area contributed by atoms with Crippen molar-refractivity contribution in [2.24, 2.45) is 4.99 Å². The summed E-state index contributed by atoms with van der Waals surface area (Å²) in [4.78, 5) is 21.3. The van der Waals surface area contributed by atoms with E-state index in [2.05, 4.69) is 9.80 Å². The molecule has 0 amide bonds. The second-order valence-electron chi connectivity index (χ2n) is 7.38. The van der Waals surface area contributed by atoms with Crippen molar-refractivity contribution in [2.75, 3.05) is 26.3 Å². The molecule has 1 aliphatic carbocycles. The lowest BCUT2D eigenvalue weighted by molar-refractivity contribution is -0.138. The minimum absolute atomic E-state index is 0.108. The first-order valence-corrected chi connectivity index (χ1v) is 9.74. The van der Waals surface area contributed by atoms with Crippen molar-refractivity contribution in [2.45, 2.75) is 50.6 Å². The topological polar surface area (TPSA) is 65.4 Å². The number of nitrogens with zero attached hydrogens (tertiary/aromatic N) is 3. The fourth-order valence-electron chi connectivity index (χ4n) is 4.47. The van der Waals surface area contributed by atoms with Gasteiger partial charge in [0, 0.05) is 24.7 Å². The van der Waals surface area contributed by atoms with E-state index in [-0.39, 0.29) is 12.5 Å². The lowest BCUT2D eigenvalue weighted by atomic mass is 9.90. The van der Waals surface area contributed by atoms with Crippen LogP contribution in [0.15, 0.2) is 29.3 Å². The molecule has 1 saturated carbocycles. The molecule has 1 unspecified atom stereocenters. The van der Waals surface area contributed by atoms with Crippen LogP contribution in [0.3, 0.4) is 0 Å². The SMILES string of the molecule is O=C(O)CC1c2ccccc2N=C(N2CCOCC2)N1C1CCCCC1. The second-order valence-corrected chi connectivity index (χ2v) is 7.38. The Morgan fingerprint density at radius 1 is 1.15 bits per heavy atom. The van der Waals surface area contributed by atoms with E-state index >= 15 is 0 Å². The highest BCUT2D eigenvalue weighted by Gasteiger charge is 2.38. The molecule has 2 heterocycles. The van der Waals surface area contributed by atoms with Crippen molar-refractivity contribution in [1.29, 1.82) is 0 Å². The Hall–Kier alpha value is -2.08. The zero-order valence-electron chi connectivity index (χ0n) is 15.1. The fourth-order valence-corrected chi connectivity index (χ4v) is 4.47. The van der Waals surface area contributed by atoms with Crippen LogP contribution in [0.2, 0.25) is 0 Å². The van der Waals surface area contributed by atoms with Gasteiger partial charge in [-0.3, -0.25) is 4.79 Å². The molecule has 0 radical (unpaired) electrons. The summed E-state index contributed by atoms with van der Waals surface area (Å²) in [5.41, 5.74) is 1.95. The van der Waals surface area contributed by atoms with Gasteiger partial charge in [-0.2, -0.15) is 0 Å². The van der Waals surface area contributed by atoms with Gasteiger partial charge in [-0.25, -0.2) is 4.99 Å². The molecule has 4 rings (SSSR count). The molecule has 140 valence electrons. The molecule has 2 aliphatic heterocycles. The maximum atomic E-state index is 11.7. The molecule has 6 nitrogen and oxygen atoms in total. The van der Waals surface area contributed by atoms with E-state index < -0.39 is 5.97 Å². The number of hydrogen-bond donors (Lipinski definition) is 1. The number of aliphatic carboxylic acids is 1. The Kier molecular flexibility index (Phi) is 5.11. The van der Waals surface area contributed by atoms with Crippen LogP contribution in [-0.4, -0.2) is 59.2 Å². The molecular weight excluding hydrogens is 330 g/mol. The monoisotopic (exact) mass is 357 g/mol. The number of carboxylic acid groups (broad SMARTS) is 1. The van der Waals surface area contributed by atoms with E-state index in [0.717, 1.165) is 43.1 Å². The molecule has 1 aromatic rings. The van der Waals surface area contributed by atoms with Gasteiger partial charge >= 0.3 is 5.97 Å². The van der Waals surface area contributed by atoms with E-state index in [1.807, 2.05) is 24.3 Å². The maximum Gasteiger partial charge on any atom is 0.305 e. The molecule has 1 aromatic carbocycles. The molecule has 3 aliphatic rings. The van der Waals surface area contributed by atoms with Gasteiger partial charge < -0.3 is 19.6 Å². The van der Waals surface area contributed by atoms with Crippen LogP contribution in [0.4, 0.5) is 5.69 Å². The van der Waals surface area contributed by atoms with Crippen LogP contribution in [0, 0.1) is 0 Å². The average molecular weight is 357 g/mol. The van der Waals surface area contributed by atoms with Crippen LogP contribution < -0.4 is 0 Å². The van der Waals surface area contributed by atoms with Crippen LogP contribution in [-0.2, 0) is 9.53 Å². The van der Waals surface area contributed by atoms with E-state index in [9.17, 15) is 9.90 Å². The third-order valence-corrected chi connectivity index (χ3v) is 5.71. The molecule has 1 saturated heterocycles. The third kappa shape index (κ3) is 3.43. The number of ether oxygens (including phenoxy) is 1. The number of para-hydroxylation sites is 1. The molecule has 1 atom stereocenters. The molecular formula is C20H27N3O3. The Morgan fingerprint density at radius 3 is 2.62 bits per heavy atom. The van der Waals surface area contributed by atoms with E-state index in [4.69, 9.17) is 9.73 Å². The normalized spacial score (nSPS) is 24.2. The van der Waals surface area contributed by atoms with E-state index in [0.29, 0.717) is 19.3 Å². The highest BCUT2D eigenvalue weighted by Crippen LogP contribution is 2.41. The van der Waals surface area contributed by atoms with Gasteiger partial charge in [0.25, 0.3) is 0 Å². The molecule has 26 heavy (non-hydrogen) atoms. The first-order valence-electron chi connectivity index (χ1n) is 9.74. The van der Waals surface area contributed by atoms with E-state index in [1.54, 1.807) is 0 Å². The largest absolute Gasteiger partial charge is 0.481 e. The number of hydrogen-bond acceptors (Lipinski definition) is 5. The van der Waals surface area contributed by atoms with Crippen molar-refractivity contribution in [1.82, 2.24) is 9.80 Å². The molecule has 0 aromatic heterocycles. The van der Waals surface area contributed by atoms with Gasteiger partial charge in [0.1, 0.15) is 0 Å². The number of rotatable bonds is 3. The standard InChI is InChI=1S/C20H27N3O3/c24-19(25)14-18-16-8-4-5-9-17(16)21-20(22-10-12-26-13-11-22)23(18)15-6-2-1-3-7-15/h4-5,8-9,15,18H,1-3,6-7,10-14H2,(H,24,25). The van der Waals surface area contributed by atoms with Crippen LogP contribution in [0.5, 0.6) is 0 Å². The Balaban J connectivity index is 1.76. The van der Waals surface area contributed by atoms with Crippen LogP contribution >= 0.6 is 0 Å². The summed E-state index contributed by atoms with van der Waals surface area (Å²) in [6, 6.07) is 8.22. The van der Waals surface area contributed by atoms with E-state index in [1.165, 1.54) is 19.3 Å². The van der Waals surface area contributed by atoms with Gasteiger partial charge in [0.15, 0.2) is 0 Å². The van der Waals surface area contributed by atoms with Crippen molar-refractivity contribution in [3.05, 3.63) is 29.8 Å². The first-order chi connectivity index (χ1) is 12.7. The van der Waals surface area contributed by atoms with Crippen molar-refractivity contribution < 1.29 is 14.6 Å². The summed E-state index contributed by atoms with van der Waals surface area (Å²) in [5, 5.41) is 9.60. The van der Waals surface area contributed by atoms with Crippen molar-refractivity contribution in [3.63, 3.8) is 0 Å². The lowest BCUT2D eigenvalue weighted by Crippen LogP contribution is -2.55. The van der Waals surface area contributed by atoms with Gasteiger partial charge in [0.05, 0.1) is 31.4 Å². The van der Waals surface area contributed by atoms with Gasteiger partial charge in [-0.15, -0.1) is 0 Å². The number of benzene rings is 1. The number of aliphatic imine (C=N–C) groups is 1. The van der Waals surface area contributed by atoms with Crippen molar-refractivity contribution >= 4 is 17.6 Å². The fraction of sp³-hybridized carbons (Fsp3) is 0.600. The summed E-state index contributed by atoms with van der Waals surface area (Å²) in [7, 11) is 0. The van der Waals surface area contributed by atoms with Crippen LogP contribution in [0.1, 0.15) is 50.1 Å². The minimum atomic E-state index is -0.756. The molecule has 6 heteroatoms. The Bertz CT molecular complexity index is 679. The summed E-state index contributed by atoms with van der Waals surface area (Å²) < 4.78 is 5.52. The molecule has 1 N–H and O–H groups in total. The second kappa shape index (κ2) is 7.66. The lowest BCUT2D eigenvalue weighted by Gasteiger charge is -2.47. The maximum absolute atomic E-state index is 11.7. The quantitative estimate of drug-likeness (QED) is 0.900. The van der Waals surface area contributed by atoms with Crippen LogP contribution in [0.25, 0.3) is 0 Å². The number of morpholine rings is 1. The van der Waals surface area contributed by atoms with Gasteiger partial charge in [0.2, 0.25) is 5.96 Å². The number of carboxylic acids is 1. The van der Waals surface area contributed by atoms with Gasteiger partial charge in [-0.1, -0.05) is 37.5 Å². The average Bonchev–Trinajstić information content (AvgIpc) is 2.68. The molecule has 0 spiro atoms. The highest BCUT2D eigenvalue weighted by atomic mass is 16.5. The zero-order valence-corrected chi connectivity index (χ0v) is 15.1. The summed E-state index contributed by atoms with van der Waals surface area (Å²) >= 11 is 0.